The minimum Gasteiger partial charge on any atom is -0.358 e. The van der Waals surface area contributed by atoms with Crippen molar-refractivity contribution in [2.75, 3.05) is 10.0 Å². The fraction of sp³-hybridized carbons (Fsp3) is 0.176. The molecule has 0 saturated heterocycles. The Balaban J connectivity index is 1.59. The molecule has 0 fully saturated rings. The van der Waals surface area contributed by atoms with Crippen molar-refractivity contribution in [1.82, 2.24) is 20.0 Å². The number of hydrogen-bond acceptors (Lipinski definition) is 8. The summed E-state index contributed by atoms with van der Waals surface area (Å²) in [7, 11) is -3.90. The second kappa shape index (κ2) is 9.06. The van der Waals surface area contributed by atoms with Gasteiger partial charge in [-0.15, -0.1) is 10.2 Å². The fourth-order valence-corrected chi connectivity index (χ4v) is 3.62. The molecule has 14 heteroatoms. The zero-order valence-electron chi connectivity index (χ0n) is 16.0. The molecule has 2 aromatic heterocycles. The van der Waals surface area contributed by atoms with Gasteiger partial charge in [0.1, 0.15) is 0 Å². The fourth-order valence-electron chi connectivity index (χ4n) is 2.52. The standard InChI is InChI=1S/C17H16ClN7O5S/c1-11-10-16(25(27)28)22-24(11)9-8-17(26)19-12-2-4-13(5-3-12)31(29,30)23-15-7-6-14(18)20-21-15/h2-7,10H,8-9H2,1H3,(H,19,26)(H,21,23). The summed E-state index contributed by atoms with van der Waals surface area (Å²) in [5, 5.41) is 24.5. The lowest BCUT2D eigenvalue weighted by Gasteiger charge is -2.09. The van der Waals surface area contributed by atoms with E-state index in [-0.39, 0.29) is 40.6 Å². The maximum absolute atomic E-state index is 12.4. The van der Waals surface area contributed by atoms with E-state index in [0.29, 0.717) is 11.4 Å². The molecular formula is C17H16ClN7O5S. The van der Waals surface area contributed by atoms with Crippen molar-refractivity contribution in [2.45, 2.75) is 24.8 Å². The Labute approximate surface area is 181 Å². The molecule has 0 radical (unpaired) electrons. The van der Waals surface area contributed by atoms with Gasteiger partial charge in [0.05, 0.1) is 28.3 Å². The van der Waals surface area contributed by atoms with Gasteiger partial charge in [0.2, 0.25) is 5.91 Å². The largest absolute Gasteiger partial charge is 0.390 e. The minimum absolute atomic E-state index is 0.0101. The Bertz CT molecular complexity index is 1210. The van der Waals surface area contributed by atoms with Crippen LogP contribution in [0.15, 0.2) is 47.4 Å². The second-order valence-electron chi connectivity index (χ2n) is 6.29. The van der Waals surface area contributed by atoms with Gasteiger partial charge in [-0.1, -0.05) is 11.6 Å². The molecule has 0 unspecified atom stereocenters. The lowest BCUT2D eigenvalue weighted by molar-refractivity contribution is -0.389. The number of anilines is 2. The van der Waals surface area contributed by atoms with Crippen molar-refractivity contribution in [1.29, 1.82) is 0 Å². The number of benzene rings is 1. The highest BCUT2D eigenvalue weighted by molar-refractivity contribution is 7.92. The molecule has 3 aromatic rings. The van der Waals surface area contributed by atoms with Crippen molar-refractivity contribution >= 4 is 44.9 Å². The summed E-state index contributed by atoms with van der Waals surface area (Å²) in [4.78, 5) is 22.3. The number of nitro groups is 1. The maximum atomic E-state index is 12.4. The third kappa shape index (κ3) is 5.73. The predicted molar refractivity (Wildman–Crippen MR) is 111 cm³/mol. The van der Waals surface area contributed by atoms with Crippen LogP contribution >= 0.6 is 11.6 Å². The van der Waals surface area contributed by atoms with Crippen molar-refractivity contribution in [3.8, 4) is 0 Å². The smallest absolute Gasteiger partial charge is 0.358 e. The Morgan fingerprint density at radius 2 is 1.90 bits per heavy atom. The van der Waals surface area contributed by atoms with Crippen LogP contribution in [0.4, 0.5) is 17.3 Å². The van der Waals surface area contributed by atoms with Crippen molar-refractivity contribution in [2.24, 2.45) is 0 Å². The molecule has 162 valence electrons. The first-order valence-corrected chi connectivity index (χ1v) is 10.6. The lowest BCUT2D eigenvalue weighted by Crippen LogP contribution is -2.16. The van der Waals surface area contributed by atoms with Gasteiger partial charge in [0, 0.05) is 12.1 Å². The SMILES string of the molecule is Cc1cc([N+](=O)[O-])nn1CCC(=O)Nc1ccc(S(=O)(=O)Nc2ccc(Cl)nn2)cc1. The van der Waals surface area contributed by atoms with Gasteiger partial charge in [0.15, 0.2) is 11.0 Å². The number of rotatable bonds is 8. The molecule has 31 heavy (non-hydrogen) atoms. The van der Waals surface area contributed by atoms with Gasteiger partial charge in [-0.25, -0.2) is 8.42 Å². The number of carbonyl (C=O) groups is 1. The number of nitrogens with zero attached hydrogens (tertiary/aromatic N) is 5. The first kappa shape index (κ1) is 22.1. The van der Waals surface area contributed by atoms with Crippen LogP contribution in [0.3, 0.4) is 0 Å². The van der Waals surface area contributed by atoms with Gasteiger partial charge in [-0.3, -0.25) is 9.52 Å². The minimum atomic E-state index is -3.90. The Kier molecular flexibility index (Phi) is 6.46. The third-order valence-corrected chi connectivity index (χ3v) is 5.60. The summed E-state index contributed by atoms with van der Waals surface area (Å²) in [6.45, 7) is 1.81. The normalized spacial score (nSPS) is 11.2. The van der Waals surface area contributed by atoms with Gasteiger partial charge in [-0.2, -0.15) is 4.68 Å². The molecule has 0 spiro atoms. The second-order valence-corrected chi connectivity index (χ2v) is 8.36. The van der Waals surface area contributed by atoms with Gasteiger partial charge in [0.25, 0.3) is 10.0 Å². The highest BCUT2D eigenvalue weighted by Crippen LogP contribution is 2.18. The number of nitrogens with one attached hydrogen (secondary N) is 2. The van der Waals surface area contributed by atoms with Crippen LogP contribution in [0.2, 0.25) is 5.15 Å². The molecule has 3 rings (SSSR count). The Morgan fingerprint density at radius 1 is 1.19 bits per heavy atom. The van der Waals surface area contributed by atoms with Crippen molar-refractivity contribution in [3.05, 3.63) is 63.4 Å². The average molecular weight is 466 g/mol. The van der Waals surface area contributed by atoms with Crippen LogP contribution in [0.5, 0.6) is 0 Å². The molecule has 0 aliphatic carbocycles. The van der Waals surface area contributed by atoms with Crippen LogP contribution in [0.25, 0.3) is 0 Å². The number of sulfonamides is 1. The average Bonchev–Trinajstić information content (AvgIpc) is 3.09. The zero-order valence-corrected chi connectivity index (χ0v) is 17.6. The van der Waals surface area contributed by atoms with Crippen LogP contribution < -0.4 is 10.0 Å². The number of halogens is 1. The summed E-state index contributed by atoms with van der Waals surface area (Å²) in [6, 6.07) is 9.60. The van der Waals surface area contributed by atoms with E-state index < -0.39 is 14.9 Å². The number of amides is 1. The lowest BCUT2D eigenvalue weighted by atomic mass is 10.3. The molecule has 1 aromatic carbocycles. The van der Waals surface area contributed by atoms with Gasteiger partial charge < -0.3 is 15.4 Å². The van der Waals surface area contributed by atoms with E-state index in [9.17, 15) is 23.3 Å². The van der Waals surface area contributed by atoms with E-state index in [4.69, 9.17) is 11.6 Å². The number of aromatic nitrogens is 4. The topological polar surface area (TPSA) is 162 Å². The molecule has 0 bridgehead atoms. The summed E-state index contributed by atoms with van der Waals surface area (Å²) in [6.07, 6.45) is 0.0243. The Morgan fingerprint density at radius 3 is 2.48 bits per heavy atom. The molecule has 0 atom stereocenters. The predicted octanol–water partition coefficient (Wildman–Crippen LogP) is 2.37. The quantitative estimate of drug-likeness (QED) is 0.378. The van der Waals surface area contributed by atoms with Gasteiger partial charge in [-0.05, 0) is 48.2 Å². The summed E-state index contributed by atoms with van der Waals surface area (Å²) >= 11 is 5.62. The molecular weight excluding hydrogens is 450 g/mol. The molecule has 0 saturated carbocycles. The zero-order chi connectivity index (χ0) is 22.6. The van der Waals surface area contributed by atoms with Crippen LogP contribution in [0, 0.1) is 17.0 Å². The van der Waals surface area contributed by atoms with Crippen molar-refractivity contribution in [3.63, 3.8) is 0 Å². The van der Waals surface area contributed by atoms with E-state index in [2.05, 4.69) is 25.3 Å². The Hall–Kier alpha value is -3.58. The van der Waals surface area contributed by atoms with E-state index in [1.807, 2.05) is 0 Å². The first-order chi connectivity index (χ1) is 14.6. The molecule has 0 aliphatic heterocycles. The van der Waals surface area contributed by atoms with Crippen LogP contribution in [-0.4, -0.2) is 39.2 Å². The number of aryl methyl sites for hydroxylation is 2. The van der Waals surface area contributed by atoms with Gasteiger partial charge >= 0.3 is 5.82 Å². The molecule has 2 heterocycles. The van der Waals surface area contributed by atoms with Crippen molar-refractivity contribution < 1.29 is 18.1 Å². The third-order valence-electron chi connectivity index (χ3n) is 4.03. The van der Waals surface area contributed by atoms with E-state index in [1.165, 1.54) is 47.1 Å². The summed E-state index contributed by atoms with van der Waals surface area (Å²) in [5.74, 6) is -0.633. The molecule has 2 N–H and O–H groups in total. The van der Waals surface area contributed by atoms with Crippen LogP contribution in [0.1, 0.15) is 12.1 Å². The summed E-state index contributed by atoms with van der Waals surface area (Å²) < 4.78 is 28.5. The highest BCUT2D eigenvalue weighted by Gasteiger charge is 2.17. The van der Waals surface area contributed by atoms with E-state index in [0.717, 1.165) is 0 Å². The number of carbonyl (C=O) groups excluding carboxylic acids is 1. The van der Waals surface area contributed by atoms with E-state index >= 15 is 0 Å². The molecule has 0 aliphatic rings. The number of hydrogen-bond donors (Lipinski definition) is 2. The highest BCUT2D eigenvalue weighted by atomic mass is 35.5. The molecule has 12 nitrogen and oxygen atoms in total. The maximum Gasteiger partial charge on any atom is 0.390 e. The first-order valence-electron chi connectivity index (χ1n) is 8.75. The van der Waals surface area contributed by atoms with E-state index in [1.54, 1.807) is 6.92 Å². The molecule has 1 amide bonds. The monoisotopic (exact) mass is 465 g/mol. The summed E-state index contributed by atoms with van der Waals surface area (Å²) in [5.41, 5.74) is 0.949. The van der Waals surface area contributed by atoms with Crippen LogP contribution in [-0.2, 0) is 21.4 Å².